The first-order valence-electron chi connectivity index (χ1n) is 7.99. The van der Waals surface area contributed by atoms with Crippen LogP contribution in [0.4, 0.5) is 10.9 Å². The third-order valence-corrected chi connectivity index (χ3v) is 5.02. The number of nitrogens with zero attached hydrogens (tertiary/aromatic N) is 4. The van der Waals surface area contributed by atoms with Crippen molar-refractivity contribution in [1.82, 2.24) is 4.98 Å². The number of benzene rings is 1. The van der Waals surface area contributed by atoms with Crippen molar-refractivity contribution in [3.63, 3.8) is 0 Å². The standard InChI is InChI=1S/C19H15N5OS/c1-10-3-5-13(11(2)7-10)16(25)17-18(20)24-19(26-17)23-12-4-6-14-15(8-12)22-9-21-14/h3-9H,20H2,1-2H3/b23-12+. The Bertz CT molecular complexity index is 1090. The van der Waals surface area contributed by atoms with Crippen LogP contribution in [0, 0.1) is 13.8 Å². The Morgan fingerprint density at radius 2 is 2.08 bits per heavy atom. The van der Waals surface area contributed by atoms with Crippen molar-refractivity contribution < 1.29 is 4.79 Å². The van der Waals surface area contributed by atoms with Crippen molar-refractivity contribution in [3.05, 3.63) is 63.7 Å². The molecule has 2 heterocycles. The number of thiazole rings is 1. The number of carbonyl (C=O) groups is 1. The van der Waals surface area contributed by atoms with Gasteiger partial charge in [0.25, 0.3) is 0 Å². The molecule has 2 aliphatic rings. The van der Waals surface area contributed by atoms with E-state index >= 15 is 0 Å². The molecule has 0 bridgehead atoms. The van der Waals surface area contributed by atoms with Crippen LogP contribution in [0.2, 0.25) is 0 Å². The lowest BCUT2D eigenvalue weighted by molar-refractivity contribution is 0.104. The quantitative estimate of drug-likeness (QED) is 0.669. The van der Waals surface area contributed by atoms with Crippen molar-refractivity contribution >= 4 is 45.8 Å². The third kappa shape index (κ3) is 2.93. The number of nitrogens with two attached hydrogens (primary N) is 1. The van der Waals surface area contributed by atoms with Gasteiger partial charge in [-0.2, -0.15) is 0 Å². The van der Waals surface area contributed by atoms with Gasteiger partial charge in [-0.25, -0.2) is 20.0 Å². The molecule has 0 unspecified atom stereocenters. The Morgan fingerprint density at radius 3 is 2.88 bits per heavy atom. The van der Waals surface area contributed by atoms with Gasteiger partial charge in [-0.15, -0.1) is 0 Å². The summed E-state index contributed by atoms with van der Waals surface area (Å²) in [4.78, 5) is 30.2. The smallest absolute Gasteiger partial charge is 0.212 e. The van der Waals surface area contributed by atoms with Crippen LogP contribution < -0.4 is 5.73 Å². The van der Waals surface area contributed by atoms with E-state index in [1.165, 1.54) is 17.7 Å². The zero-order chi connectivity index (χ0) is 18.3. The summed E-state index contributed by atoms with van der Waals surface area (Å²) in [5.41, 5.74) is 10.9. The van der Waals surface area contributed by atoms with Crippen LogP contribution in [0.1, 0.15) is 26.4 Å². The number of ketones is 1. The SMILES string of the molecule is Cc1ccc(C(=O)c2sc(/N=C3\C=CC4=NC=NC4=C3)nc2N)c(C)c1. The van der Waals surface area contributed by atoms with Crippen LogP contribution >= 0.6 is 11.3 Å². The van der Waals surface area contributed by atoms with Crippen molar-refractivity contribution in [2.75, 3.05) is 5.73 Å². The lowest BCUT2D eigenvalue weighted by Crippen LogP contribution is -2.04. The van der Waals surface area contributed by atoms with Gasteiger partial charge >= 0.3 is 0 Å². The first-order chi connectivity index (χ1) is 12.5. The summed E-state index contributed by atoms with van der Waals surface area (Å²) in [6.45, 7) is 3.91. The third-order valence-electron chi connectivity index (χ3n) is 4.05. The van der Waals surface area contributed by atoms with Crippen LogP contribution in [-0.2, 0) is 0 Å². The number of hydrogen-bond donors (Lipinski definition) is 1. The average Bonchev–Trinajstić information content (AvgIpc) is 3.20. The van der Waals surface area contributed by atoms with Gasteiger partial charge in [-0.3, -0.25) is 4.79 Å². The largest absolute Gasteiger partial charge is 0.382 e. The highest BCUT2D eigenvalue weighted by atomic mass is 32.1. The summed E-state index contributed by atoms with van der Waals surface area (Å²) in [6, 6.07) is 5.72. The number of aryl methyl sites for hydroxylation is 2. The molecule has 4 rings (SSSR count). The molecule has 0 amide bonds. The first kappa shape index (κ1) is 16.3. The molecule has 2 aromatic rings. The van der Waals surface area contributed by atoms with E-state index in [4.69, 9.17) is 5.73 Å². The topological polar surface area (TPSA) is 93.1 Å². The van der Waals surface area contributed by atoms with Crippen molar-refractivity contribution in [3.8, 4) is 0 Å². The van der Waals surface area contributed by atoms with Gasteiger partial charge in [0.05, 0.1) is 17.1 Å². The van der Waals surface area contributed by atoms with Gasteiger partial charge in [0, 0.05) is 5.56 Å². The predicted octanol–water partition coefficient (Wildman–Crippen LogP) is 3.58. The fraction of sp³-hybridized carbons (Fsp3) is 0.105. The highest BCUT2D eigenvalue weighted by molar-refractivity contribution is 7.18. The second-order valence-electron chi connectivity index (χ2n) is 6.02. The Hall–Kier alpha value is -3.19. The lowest BCUT2D eigenvalue weighted by atomic mass is 10.0. The van der Waals surface area contributed by atoms with E-state index < -0.39 is 0 Å². The van der Waals surface area contributed by atoms with E-state index in [1.807, 2.05) is 50.3 Å². The molecule has 0 radical (unpaired) electrons. The number of rotatable bonds is 3. The van der Waals surface area contributed by atoms with E-state index in [2.05, 4.69) is 20.0 Å². The number of anilines is 1. The zero-order valence-corrected chi connectivity index (χ0v) is 15.0. The summed E-state index contributed by atoms with van der Waals surface area (Å²) in [7, 11) is 0. The number of aromatic nitrogens is 1. The highest BCUT2D eigenvalue weighted by Crippen LogP contribution is 2.31. The van der Waals surface area contributed by atoms with Crippen molar-refractivity contribution in [2.24, 2.45) is 15.0 Å². The maximum absolute atomic E-state index is 12.8. The van der Waals surface area contributed by atoms with Crippen LogP contribution in [-0.4, -0.2) is 28.5 Å². The minimum absolute atomic E-state index is 0.128. The van der Waals surface area contributed by atoms with Gasteiger partial charge < -0.3 is 5.73 Å². The number of hydrogen-bond acceptors (Lipinski definition) is 7. The molecule has 0 saturated carbocycles. The highest BCUT2D eigenvalue weighted by Gasteiger charge is 2.20. The maximum atomic E-state index is 12.8. The molecule has 2 N–H and O–H groups in total. The molecule has 26 heavy (non-hydrogen) atoms. The number of carbonyl (C=O) groups excluding carboxylic acids is 1. The second kappa shape index (κ2) is 6.27. The maximum Gasteiger partial charge on any atom is 0.212 e. The molecule has 0 spiro atoms. The summed E-state index contributed by atoms with van der Waals surface area (Å²) in [5.74, 6) is 0.0733. The second-order valence-corrected chi connectivity index (χ2v) is 6.99. The lowest BCUT2D eigenvalue weighted by Gasteiger charge is -2.04. The molecule has 128 valence electrons. The van der Waals surface area contributed by atoms with Crippen molar-refractivity contribution in [1.29, 1.82) is 0 Å². The van der Waals surface area contributed by atoms with Crippen LogP contribution in [0.3, 0.4) is 0 Å². The van der Waals surface area contributed by atoms with E-state index in [0.717, 1.165) is 22.5 Å². The molecule has 0 fully saturated rings. The monoisotopic (exact) mass is 361 g/mol. The summed E-state index contributed by atoms with van der Waals surface area (Å²) >= 11 is 1.19. The minimum Gasteiger partial charge on any atom is -0.382 e. The van der Waals surface area contributed by atoms with Crippen LogP contribution in [0.15, 0.2) is 57.1 Å². The van der Waals surface area contributed by atoms with E-state index in [0.29, 0.717) is 21.3 Å². The molecular weight excluding hydrogens is 346 g/mol. The molecule has 0 atom stereocenters. The van der Waals surface area contributed by atoms with Gasteiger partial charge in [0.15, 0.2) is 0 Å². The normalized spacial score (nSPS) is 16.6. The summed E-state index contributed by atoms with van der Waals surface area (Å²) < 4.78 is 0. The van der Waals surface area contributed by atoms with Gasteiger partial charge in [-0.1, -0.05) is 35.1 Å². The van der Waals surface area contributed by atoms with Gasteiger partial charge in [0.2, 0.25) is 10.9 Å². The first-order valence-corrected chi connectivity index (χ1v) is 8.80. The van der Waals surface area contributed by atoms with E-state index in [1.54, 1.807) is 0 Å². The van der Waals surface area contributed by atoms with Gasteiger partial charge in [-0.05, 0) is 37.6 Å². The average molecular weight is 361 g/mol. The predicted molar refractivity (Wildman–Crippen MR) is 106 cm³/mol. The van der Waals surface area contributed by atoms with E-state index in [-0.39, 0.29) is 11.6 Å². The summed E-state index contributed by atoms with van der Waals surface area (Å²) in [5, 5.41) is 0.439. The van der Waals surface area contributed by atoms with Crippen molar-refractivity contribution in [2.45, 2.75) is 13.8 Å². The molecule has 1 aromatic heterocycles. The molecule has 1 aromatic carbocycles. The van der Waals surface area contributed by atoms with E-state index in [9.17, 15) is 4.79 Å². The zero-order valence-electron chi connectivity index (χ0n) is 14.2. The summed E-state index contributed by atoms with van der Waals surface area (Å²) in [6.07, 6.45) is 7.02. The van der Waals surface area contributed by atoms with Crippen LogP contribution in [0.5, 0.6) is 0 Å². The molecule has 1 aliphatic carbocycles. The Labute approximate surface area is 154 Å². The Morgan fingerprint density at radius 1 is 1.23 bits per heavy atom. The molecule has 0 saturated heterocycles. The number of allylic oxidation sites excluding steroid dienone is 3. The Balaban J connectivity index is 1.66. The minimum atomic E-state index is -0.128. The molecule has 7 heteroatoms. The Kier molecular flexibility index (Phi) is 3.93. The number of aliphatic imine (C=N–C) groups is 3. The fourth-order valence-electron chi connectivity index (χ4n) is 2.78. The molecule has 6 nitrogen and oxygen atoms in total. The fourth-order valence-corrected chi connectivity index (χ4v) is 3.61. The van der Waals surface area contributed by atoms with Crippen LogP contribution in [0.25, 0.3) is 0 Å². The molecule has 1 aliphatic heterocycles. The number of fused-ring (bicyclic) bond motifs is 1. The molecular formula is C19H15N5OS. The van der Waals surface area contributed by atoms with Gasteiger partial charge in [0.1, 0.15) is 17.0 Å². The number of nitrogen functional groups attached to an aromatic ring is 1.